The van der Waals surface area contributed by atoms with Gasteiger partial charge in [-0.25, -0.2) is 8.78 Å². The minimum absolute atomic E-state index is 0.0161. The SMILES string of the molecule is Fc1c(-c2ccc(Cl)cc2)ccc(C(Cl)c2cccnn2)c1F. The van der Waals surface area contributed by atoms with Crippen molar-refractivity contribution in [2.75, 3.05) is 0 Å². The number of benzene rings is 2. The van der Waals surface area contributed by atoms with Gasteiger partial charge in [-0.2, -0.15) is 10.2 Å². The zero-order valence-corrected chi connectivity index (χ0v) is 13.2. The Morgan fingerprint density at radius 1 is 0.913 bits per heavy atom. The fourth-order valence-corrected chi connectivity index (χ4v) is 2.63. The molecule has 0 radical (unpaired) electrons. The van der Waals surface area contributed by atoms with Crippen LogP contribution in [0.15, 0.2) is 54.7 Å². The number of alkyl halides is 1. The van der Waals surface area contributed by atoms with E-state index < -0.39 is 17.0 Å². The number of aromatic nitrogens is 2. The molecule has 0 aliphatic rings. The van der Waals surface area contributed by atoms with E-state index in [1.807, 2.05) is 0 Å². The molecular formula is C17H10Cl2F2N2. The summed E-state index contributed by atoms with van der Waals surface area (Å²) in [5, 5.41) is 7.13. The molecule has 1 atom stereocenters. The number of halogens is 4. The molecule has 0 amide bonds. The van der Waals surface area contributed by atoms with E-state index in [2.05, 4.69) is 10.2 Å². The maximum absolute atomic E-state index is 14.4. The van der Waals surface area contributed by atoms with Crippen molar-refractivity contribution < 1.29 is 8.78 Å². The topological polar surface area (TPSA) is 25.8 Å². The molecule has 3 aromatic rings. The van der Waals surface area contributed by atoms with Gasteiger partial charge in [-0.05, 0) is 29.8 Å². The highest BCUT2D eigenvalue weighted by molar-refractivity contribution is 6.30. The van der Waals surface area contributed by atoms with E-state index in [1.165, 1.54) is 18.3 Å². The lowest BCUT2D eigenvalue weighted by atomic mass is 10.0. The molecule has 1 unspecified atom stereocenters. The molecule has 2 nitrogen and oxygen atoms in total. The Hall–Kier alpha value is -2.04. The van der Waals surface area contributed by atoms with Crippen molar-refractivity contribution >= 4 is 23.2 Å². The lowest BCUT2D eigenvalue weighted by molar-refractivity contribution is 0.502. The highest BCUT2D eigenvalue weighted by Gasteiger charge is 2.22. The Balaban J connectivity index is 2.02. The molecule has 3 rings (SSSR count). The van der Waals surface area contributed by atoms with E-state index in [1.54, 1.807) is 36.4 Å². The van der Waals surface area contributed by atoms with Gasteiger partial charge in [0.1, 0.15) is 5.38 Å². The maximum Gasteiger partial charge on any atom is 0.166 e. The van der Waals surface area contributed by atoms with Crippen molar-refractivity contribution in [3.05, 3.63) is 82.6 Å². The summed E-state index contributed by atoms with van der Waals surface area (Å²) in [7, 11) is 0. The van der Waals surface area contributed by atoms with Crippen LogP contribution in [-0.2, 0) is 0 Å². The second-order valence-corrected chi connectivity index (χ2v) is 5.72. The smallest absolute Gasteiger partial charge is 0.166 e. The van der Waals surface area contributed by atoms with E-state index in [-0.39, 0.29) is 11.1 Å². The van der Waals surface area contributed by atoms with E-state index in [0.29, 0.717) is 16.3 Å². The van der Waals surface area contributed by atoms with Crippen LogP contribution >= 0.6 is 23.2 Å². The first kappa shape index (κ1) is 15.8. The van der Waals surface area contributed by atoms with Crippen molar-refractivity contribution in [2.24, 2.45) is 0 Å². The van der Waals surface area contributed by atoms with Crippen LogP contribution in [0.1, 0.15) is 16.6 Å². The molecule has 0 spiro atoms. The zero-order valence-electron chi connectivity index (χ0n) is 11.7. The molecule has 1 aromatic heterocycles. The largest absolute Gasteiger partial charge is 0.203 e. The average Bonchev–Trinajstić information content (AvgIpc) is 2.58. The molecule has 23 heavy (non-hydrogen) atoms. The summed E-state index contributed by atoms with van der Waals surface area (Å²) in [6, 6.07) is 12.7. The second-order valence-electron chi connectivity index (χ2n) is 4.85. The summed E-state index contributed by atoms with van der Waals surface area (Å²) in [5.41, 5.74) is 1.04. The Labute approximate surface area is 141 Å². The van der Waals surface area contributed by atoms with Crippen molar-refractivity contribution in [3.8, 4) is 11.1 Å². The summed E-state index contributed by atoms with van der Waals surface area (Å²) in [5.74, 6) is -1.96. The molecule has 0 N–H and O–H groups in total. The lowest BCUT2D eigenvalue weighted by Gasteiger charge is -2.12. The van der Waals surface area contributed by atoms with Gasteiger partial charge in [0, 0.05) is 22.3 Å². The molecule has 0 saturated heterocycles. The van der Waals surface area contributed by atoms with Crippen LogP contribution in [0.25, 0.3) is 11.1 Å². The third kappa shape index (κ3) is 3.19. The number of rotatable bonds is 3. The minimum Gasteiger partial charge on any atom is -0.203 e. The Kier molecular flexibility index (Phi) is 4.55. The maximum atomic E-state index is 14.4. The Bertz CT molecular complexity index is 824. The van der Waals surface area contributed by atoms with Gasteiger partial charge in [-0.3, -0.25) is 0 Å². The first-order valence-corrected chi connectivity index (χ1v) is 7.55. The molecule has 0 aliphatic heterocycles. The normalized spacial score (nSPS) is 12.2. The summed E-state index contributed by atoms with van der Waals surface area (Å²) < 4.78 is 28.9. The second kappa shape index (κ2) is 6.60. The predicted molar refractivity (Wildman–Crippen MR) is 86.5 cm³/mol. The van der Waals surface area contributed by atoms with Gasteiger partial charge >= 0.3 is 0 Å². The van der Waals surface area contributed by atoms with Crippen molar-refractivity contribution in [1.29, 1.82) is 0 Å². The van der Waals surface area contributed by atoms with Crippen LogP contribution in [0.2, 0.25) is 5.02 Å². The standard InChI is InChI=1S/C17H10Cl2F2N2/c18-11-5-3-10(4-6-11)12-7-8-13(17(21)16(12)20)15(19)14-2-1-9-22-23-14/h1-9,15H. The molecule has 0 aliphatic carbocycles. The molecule has 6 heteroatoms. The van der Waals surface area contributed by atoms with Gasteiger partial charge in [-0.15, -0.1) is 11.6 Å². The number of nitrogens with zero attached hydrogens (tertiary/aromatic N) is 2. The van der Waals surface area contributed by atoms with E-state index in [9.17, 15) is 8.78 Å². The van der Waals surface area contributed by atoms with Crippen LogP contribution in [0.5, 0.6) is 0 Å². The number of hydrogen-bond donors (Lipinski definition) is 0. The Morgan fingerprint density at radius 3 is 2.30 bits per heavy atom. The summed E-state index contributed by atoms with van der Waals surface area (Å²) in [6.07, 6.45) is 1.48. The molecule has 1 heterocycles. The average molecular weight is 351 g/mol. The van der Waals surface area contributed by atoms with Crippen LogP contribution < -0.4 is 0 Å². The van der Waals surface area contributed by atoms with Crippen LogP contribution in [0.3, 0.4) is 0 Å². The van der Waals surface area contributed by atoms with Gasteiger partial charge < -0.3 is 0 Å². The van der Waals surface area contributed by atoms with Gasteiger partial charge in [0.2, 0.25) is 0 Å². The van der Waals surface area contributed by atoms with Crippen molar-refractivity contribution in [2.45, 2.75) is 5.38 Å². The van der Waals surface area contributed by atoms with E-state index in [4.69, 9.17) is 23.2 Å². The first-order chi connectivity index (χ1) is 11.1. The quantitative estimate of drug-likeness (QED) is 0.590. The molecule has 0 saturated carbocycles. The summed E-state index contributed by atoms with van der Waals surface area (Å²) in [6.45, 7) is 0. The highest BCUT2D eigenvalue weighted by atomic mass is 35.5. The third-order valence-corrected chi connectivity index (χ3v) is 4.10. The summed E-state index contributed by atoms with van der Waals surface area (Å²) >= 11 is 12.0. The fraction of sp³-hybridized carbons (Fsp3) is 0.0588. The van der Waals surface area contributed by atoms with Crippen molar-refractivity contribution in [1.82, 2.24) is 10.2 Å². The molecular weight excluding hydrogens is 341 g/mol. The predicted octanol–water partition coefficient (Wildman–Crippen LogP) is 5.40. The van der Waals surface area contributed by atoms with Gasteiger partial charge in [0.05, 0.1) is 5.69 Å². The fourth-order valence-electron chi connectivity index (χ4n) is 2.22. The van der Waals surface area contributed by atoms with Crippen LogP contribution in [0, 0.1) is 11.6 Å². The Morgan fingerprint density at radius 2 is 1.65 bits per heavy atom. The number of hydrogen-bond acceptors (Lipinski definition) is 2. The highest BCUT2D eigenvalue weighted by Crippen LogP contribution is 2.34. The molecule has 2 aromatic carbocycles. The van der Waals surface area contributed by atoms with E-state index >= 15 is 0 Å². The third-order valence-electron chi connectivity index (χ3n) is 3.39. The van der Waals surface area contributed by atoms with Crippen molar-refractivity contribution in [3.63, 3.8) is 0 Å². The zero-order chi connectivity index (χ0) is 16.4. The van der Waals surface area contributed by atoms with E-state index in [0.717, 1.165) is 0 Å². The molecule has 0 bridgehead atoms. The lowest BCUT2D eigenvalue weighted by Crippen LogP contribution is -2.03. The van der Waals surface area contributed by atoms with Crippen LogP contribution in [-0.4, -0.2) is 10.2 Å². The van der Waals surface area contributed by atoms with Gasteiger partial charge in [0.15, 0.2) is 11.6 Å². The van der Waals surface area contributed by atoms with Gasteiger partial charge in [0.25, 0.3) is 0 Å². The van der Waals surface area contributed by atoms with Crippen LogP contribution in [0.4, 0.5) is 8.78 Å². The summed E-state index contributed by atoms with van der Waals surface area (Å²) in [4.78, 5) is 0. The monoisotopic (exact) mass is 350 g/mol. The molecule has 0 fully saturated rings. The minimum atomic E-state index is -0.997. The van der Waals surface area contributed by atoms with Gasteiger partial charge in [-0.1, -0.05) is 35.9 Å². The molecule has 116 valence electrons. The first-order valence-electron chi connectivity index (χ1n) is 6.73.